The van der Waals surface area contributed by atoms with Crippen LogP contribution < -0.4 is 0 Å². The molecule has 1 aromatic heterocycles. The molecule has 2 heteroatoms. The predicted molar refractivity (Wildman–Crippen MR) is 77.9 cm³/mol. The lowest BCUT2D eigenvalue weighted by atomic mass is 9.81. The summed E-state index contributed by atoms with van der Waals surface area (Å²) < 4.78 is 5.33. The fraction of sp³-hybridized carbons (Fsp3) is 0.706. The zero-order valence-electron chi connectivity index (χ0n) is 12.2. The summed E-state index contributed by atoms with van der Waals surface area (Å²) in [6, 6.07) is 0. The Morgan fingerprint density at radius 1 is 1.16 bits per heavy atom. The van der Waals surface area contributed by atoms with Crippen molar-refractivity contribution in [2.75, 3.05) is 0 Å². The molecular formula is C17H25NO. The van der Waals surface area contributed by atoms with Crippen molar-refractivity contribution in [2.45, 2.75) is 65.2 Å². The summed E-state index contributed by atoms with van der Waals surface area (Å²) in [6.45, 7) is 4.10. The van der Waals surface area contributed by atoms with Crippen molar-refractivity contribution in [3.8, 4) is 0 Å². The molecule has 1 heterocycles. The zero-order valence-corrected chi connectivity index (χ0v) is 12.2. The summed E-state index contributed by atoms with van der Waals surface area (Å²) in [5, 5.41) is 4.10. The van der Waals surface area contributed by atoms with Gasteiger partial charge in [-0.1, -0.05) is 36.9 Å². The highest BCUT2D eigenvalue weighted by Crippen LogP contribution is 2.38. The highest BCUT2D eigenvalue weighted by molar-refractivity contribution is 5.69. The van der Waals surface area contributed by atoms with Gasteiger partial charge in [0.1, 0.15) is 5.76 Å². The molecule has 0 saturated heterocycles. The van der Waals surface area contributed by atoms with E-state index in [-0.39, 0.29) is 0 Å². The summed E-state index contributed by atoms with van der Waals surface area (Å²) in [6.07, 6.45) is 13.7. The third-order valence-electron chi connectivity index (χ3n) is 4.92. The molecule has 0 amide bonds. The quantitative estimate of drug-likeness (QED) is 0.758. The molecule has 0 aliphatic heterocycles. The Balaban J connectivity index is 1.76. The van der Waals surface area contributed by atoms with Gasteiger partial charge >= 0.3 is 0 Å². The fourth-order valence-electron chi connectivity index (χ4n) is 4.02. The number of nitrogens with zero attached hydrogens (tertiary/aromatic N) is 1. The van der Waals surface area contributed by atoms with E-state index in [2.05, 4.69) is 18.2 Å². The minimum absolute atomic E-state index is 0.792. The Bertz CT molecular complexity index is 446. The summed E-state index contributed by atoms with van der Waals surface area (Å²) in [4.78, 5) is 0. The number of hydrogen-bond donors (Lipinski definition) is 0. The van der Waals surface area contributed by atoms with E-state index in [1.807, 2.05) is 6.92 Å². The van der Waals surface area contributed by atoms with E-state index in [1.165, 1.54) is 62.5 Å². The molecule has 1 fully saturated rings. The minimum Gasteiger partial charge on any atom is -0.361 e. The molecule has 0 radical (unpaired) electrons. The molecule has 104 valence electrons. The normalized spacial score (nSPS) is 24.7. The van der Waals surface area contributed by atoms with Gasteiger partial charge in [0, 0.05) is 5.56 Å². The van der Waals surface area contributed by atoms with Crippen LogP contribution in [0.25, 0.3) is 5.57 Å². The predicted octanol–water partition coefficient (Wildman–Crippen LogP) is 5.06. The van der Waals surface area contributed by atoms with Gasteiger partial charge in [0.15, 0.2) is 0 Å². The second-order valence-corrected chi connectivity index (χ2v) is 6.43. The molecule has 1 aromatic rings. The molecule has 0 aromatic carbocycles. The lowest BCUT2D eigenvalue weighted by Gasteiger charge is -2.23. The second kappa shape index (κ2) is 5.52. The van der Waals surface area contributed by atoms with Gasteiger partial charge in [-0.05, 0) is 56.9 Å². The molecular weight excluding hydrogens is 234 g/mol. The number of rotatable bonds is 3. The largest absolute Gasteiger partial charge is 0.361 e. The average molecular weight is 259 g/mol. The highest BCUT2D eigenvalue weighted by Gasteiger charge is 2.23. The molecule has 1 saturated carbocycles. The maximum Gasteiger partial charge on any atom is 0.141 e. The first-order chi connectivity index (χ1) is 9.24. The van der Waals surface area contributed by atoms with Crippen molar-refractivity contribution < 1.29 is 4.52 Å². The van der Waals surface area contributed by atoms with Gasteiger partial charge < -0.3 is 4.52 Å². The van der Waals surface area contributed by atoms with Crippen LogP contribution in [-0.4, -0.2) is 5.16 Å². The van der Waals surface area contributed by atoms with E-state index in [4.69, 9.17) is 4.52 Å². The zero-order chi connectivity index (χ0) is 13.2. The van der Waals surface area contributed by atoms with Gasteiger partial charge in [-0.3, -0.25) is 0 Å². The van der Waals surface area contributed by atoms with Crippen LogP contribution in [0.3, 0.4) is 0 Å². The molecule has 19 heavy (non-hydrogen) atoms. The van der Waals surface area contributed by atoms with Gasteiger partial charge in [0.2, 0.25) is 0 Å². The van der Waals surface area contributed by atoms with Gasteiger partial charge in [0.25, 0.3) is 0 Å². The average Bonchev–Trinajstić information content (AvgIpc) is 3.00. The Morgan fingerprint density at radius 2 is 1.95 bits per heavy atom. The van der Waals surface area contributed by atoms with Crippen LogP contribution in [0.2, 0.25) is 0 Å². The third-order valence-corrected chi connectivity index (χ3v) is 4.92. The third kappa shape index (κ3) is 2.77. The SMILES string of the molecule is Cc1noc(C)c1C1=CC(CC2CCCC2)CCC1. The van der Waals surface area contributed by atoms with Crippen LogP contribution >= 0.6 is 0 Å². The lowest BCUT2D eigenvalue weighted by molar-refractivity contribution is 0.391. The van der Waals surface area contributed by atoms with Crippen molar-refractivity contribution in [2.24, 2.45) is 11.8 Å². The number of allylic oxidation sites excluding steroid dienone is 2. The van der Waals surface area contributed by atoms with E-state index in [0.717, 1.165) is 23.3 Å². The Morgan fingerprint density at radius 3 is 2.63 bits per heavy atom. The van der Waals surface area contributed by atoms with Crippen LogP contribution in [-0.2, 0) is 0 Å². The van der Waals surface area contributed by atoms with Crippen molar-refractivity contribution in [3.63, 3.8) is 0 Å². The molecule has 1 atom stereocenters. The Labute approximate surface area is 116 Å². The first-order valence-corrected chi connectivity index (χ1v) is 7.88. The van der Waals surface area contributed by atoms with E-state index in [1.54, 1.807) is 0 Å². The van der Waals surface area contributed by atoms with E-state index in [0.29, 0.717) is 0 Å². The molecule has 0 spiro atoms. The van der Waals surface area contributed by atoms with Crippen molar-refractivity contribution in [3.05, 3.63) is 23.1 Å². The Kier molecular flexibility index (Phi) is 3.76. The highest BCUT2D eigenvalue weighted by atomic mass is 16.5. The van der Waals surface area contributed by atoms with Crippen LogP contribution in [0.5, 0.6) is 0 Å². The van der Waals surface area contributed by atoms with Crippen LogP contribution in [0, 0.1) is 25.7 Å². The topological polar surface area (TPSA) is 26.0 Å². The monoisotopic (exact) mass is 259 g/mol. The minimum atomic E-state index is 0.792. The van der Waals surface area contributed by atoms with Gasteiger partial charge in [0.05, 0.1) is 5.69 Å². The fourth-order valence-corrected chi connectivity index (χ4v) is 4.02. The molecule has 1 unspecified atom stereocenters. The first kappa shape index (κ1) is 13.0. The molecule has 2 aliphatic rings. The van der Waals surface area contributed by atoms with Gasteiger partial charge in [-0.25, -0.2) is 0 Å². The number of aryl methyl sites for hydroxylation is 2. The van der Waals surface area contributed by atoms with E-state index >= 15 is 0 Å². The molecule has 2 nitrogen and oxygen atoms in total. The summed E-state index contributed by atoms with van der Waals surface area (Å²) in [7, 11) is 0. The first-order valence-electron chi connectivity index (χ1n) is 7.88. The molecule has 3 rings (SSSR count). The number of aromatic nitrogens is 1. The van der Waals surface area contributed by atoms with Crippen LogP contribution in [0.15, 0.2) is 10.6 Å². The van der Waals surface area contributed by atoms with Crippen LogP contribution in [0.4, 0.5) is 0 Å². The maximum atomic E-state index is 5.33. The van der Waals surface area contributed by atoms with Gasteiger partial charge in [-0.2, -0.15) is 0 Å². The Hall–Kier alpha value is -1.05. The van der Waals surface area contributed by atoms with Crippen LogP contribution in [0.1, 0.15) is 68.4 Å². The lowest BCUT2D eigenvalue weighted by Crippen LogP contribution is -2.09. The smallest absolute Gasteiger partial charge is 0.141 e. The molecule has 2 aliphatic carbocycles. The van der Waals surface area contributed by atoms with Crippen molar-refractivity contribution in [1.82, 2.24) is 5.16 Å². The van der Waals surface area contributed by atoms with Crippen molar-refractivity contribution >= 4 is 5.57 Å². The maximum absolute atomic E-state index is 5.33. The molecule has 0 bridgehead atoms. The van der Waals surface area contributed by atoms with E-state index < -0.39 is 0 Å². The molecule has 0 N–H and O–H groups in total. The summed E-state index contributed by atoms with van der Waals surface area (Å²) in [5.41, 5.74) is 3.84. The summed E-state index contributed by atoms with van der Waals surface area (Å²) in [5.74, 6) is 2.77. The number of hydrogen-bond acceptors (Lipinski definition) is 2. The van der Waals surface area contributed by atoms with E-state index in [9.17, 15) is 0 Å². The second-order valence-electron chi connectivity index (χ2n) is 6.43. The summed E-state index contributed by atoms with van der Waals surface area (Å²) >= 11 is 0. The van der Waals surface area contributed by atoms with Crippen molar-refractivity contribution in [1.29, 1.82) is 0 Å². The standard InChI is InChI=1S/C17H25NO/c1-12-17(13(2)19-18-12)16-9-5-8-15(11-16)10-14-6-3-4-7-14/h11,14-15H,3-10H2,1-2H3. The van der Waals surface area contributed by atoms with Gasteiger partial charge in [-0.15, -0.1) is 0 Å².